The highest BCUT2D eigenvalue weighted by Gasteiger charge is 2.65. The highest BCUT2D eigenvalue weighted by molar-refractivity contribution is 8.45. The first-order chi connectivity index (χ1) is 13.7. The molecule has 0 bridgehead atoms. The smallest absolute Gasteiger partial charge is 0.310 e. The minimum Gasteiger partial charge on any atom is -0.326 e. The number of carbonyl (C=O) groups is 1. The number of carbonyl (C=O) groups excluding carboxylic acids is 1. The maximum absolute atomic E-state index is 12.8. The molecule has 3 rings (SSSR count). The van der Waals surface area contributed by atoms with Crippen molar-refractivity contribution in [3.8, 4) is 0 Å². The minimum atomic E-state index is -9.71. The van der Waals surface area contributed by atoms with Crippen molar-refractivity contribution in [2.45, 2.75) is 50.3 Å². The van der Waals surface area contributed by atoms with Crippen LogP contribution in [-0.4, -0.2) is 10.9 Å². The number of halogens is 5. The average Bonchev–Trinajstić information content (AvgIpc) is 2.66. The van der Waals surface area contributed by atoms with E-state index >= 15 is 0 Å². The Morgan fingerprint density at radius 1 is 1.03 bits per heavy atom. The fourth-order valence-corrected chi connectivity index (χ4v) is 4.69. The molecule has 1 amide bonds. The van der Waals surface area contributed by atoms with Gasteiger partial charge in [0.1, 0.15) is 4.90 Å². The predicted molar refractivity (Wildman–Crippen MR) is 109 cm³/mol. The second-order valence-corrected chi connectivity index (χ2v) is 10.5. The Bertz CT molecular complexity index is 923. The number of aromatic nitrogens is 1. The number of anilines is 1. The fraction of sp³-hybridized carbons (Fsp3) is 0.429. The first kappa shape index (κ1) is 22.5. The van der Waals surface area contributed by atoms with E-state index in [-0.39, 0.29) is 23.4 Å². The average molecular weight is 449 g/mol. The summed E-state index contributed by atoms with van der Waals surface area (Å²) in [5.74, 6) is -0.0652. The van der Waals surface area contributed by atoms with Gasteiger partial charge in [-0.2, -0.15) is 0 Å². The summed E-state index contributed by atoms with van der Waals surface area (Å²) in [5.41, 5.74) is 2.29. The molecule has 30 heavy (non-hydrogen) atoms. The first-order valence-electron chi connectivity index (χ1n) is 9.80. The molecule has 1 heterocycles. The summed E-state index contributed by atoms with van der Waals surface area (Å²) in [6.07, 6.45) is 5.43. The van der Waals surface area contributed by atoms with Crippen molar-refractivity contribution in [1.29, 1.82) is 0 Å². The topological polar surface area (TPSA) is 42.0 Å². The molecule has 3 nitrogen and oxygen atoms in total. The van der Waals surface area contributed by atoms with E-state index in [0.29, 0.717) is 18.1 Å². The second kappa shape index (κ2) is 7.21. The van der Waals surface area contributed by atoms with Crippen molar-refractivity contribution in [1.82, 2.24) is 4.98 Å². The van der Waals surface area contributed by atoms with Crippen LogP contribution in [0, 0.1) is 18.8 Å². The Morgan fingerprint density at radius 2 is 1.63 bits per heavy atom. The maximum atomic E-state index is 12.8. The number of nitrogens with zero attached hydrogens (tertiary/aromatic N) is 1. The zero-order chi connectivity index (χ0) is 22.2. The van der Waals surface area contributed by atoms with E-state index in [4.69, 9.17) is 0 Å². The Balaban J connectivity index is 1.58. The van der Waals surface area contributed by atoms with Crippen molar-refractivity contribution in [2.75, 3.05) is 5.32 Å². The molecule has 1 fully saturated rings. The van der Waals surface area contributed by atoms with E-state index in [1.165, 1.54) is 5.56 Å². The molecule has 0 saturated heterocycles. The van der Waals surface area contributed by atoms with Crippen LogP contribution in [0.2, 0.25) is 0 Å². The van der Waals surface area contributed by atoms with Crippen LogP contribution in [0.25, 0.3) is 0 Å². The Kier molecular flexibility index (Phi) is 5.42. The molecular formula is C21H25F5N2OS. The van der Waals surface area contributed by atoms with E-state index in [0.717, 1.165) is 43.5 Å². The van der Waals surface area contributed by atoms with Crippen molar-refractivity contribution >= 4 is 21.8 Å². The quantitative estimate of drug-likeness (QED) is 0.479. The monoisotopic (exact) mass is 448 g/mol. The molecule has 1 aromatic carbocycles. The summed E-state index contributed by atoms with van der Waals surface area (Å²) in [7, 11) is -9.71. The normalized spacial score (nSPS) is 23.2. The van der Waals surface area contributed by atoms with E-state index in [1.54, 1.807) is 13.1 Å². The van der Waals surface area contributed by atoms with Gasteiger partial charge in [-0.1, -0.05) is 26.4 Å². The Morgan fingerprint density at radius 3 is 2.17 bits per heavy atom. The van der Waals surface area contributed by atoms with Gasteiger partial charge in [0.25, 0.3) is 0 Å². The van der Waals surface area contributed by atoms with Crippen LogP contribution in [0.15, 0.2) is 47.5 Å². The Labute approximate surface area is 172 Å². The molecule has 166 valence electrons. The summed E-state index contributed by atoms with van der Waals surface area (Å²) < 4.78 is 64.0. The number of aryl methyl sites for hydroxylation is 1. The van der Waals surface area contributed by atoms with Gasteiger partial charge in [-0.05, 0) is 86.4 Å². The molecule has 1 N–H and O–H groups in total. The predicted octanol–water partition coefficient (Wildman–Crippen LogP) is 7.60. The van der Waals surface area contributed by atoms with Gasteiger partial charge < -0.3 is 5.32 Å². The second-order valence-electron chi connectivity index (χ2n) is 8.11. The van der Waals surface area contributed by atoms with Crippen LogP contribution in [0.1, 0.15) is 49.8 Å². The third-order valence-electron chi connectivity index (χ3n) is 5.85. The fourth-order valence-electron chi connectivity index (χ4n) is 4.04. The number of hydrogen-bond acceptors (Lipinski definition) is 2. The van der Waals surface area contributed by atoms with E-state index in [9.17, 15) is 24.2 Å². The van der Waals surface area contributed by atoms with Crippen LogP contribution >= 0.6 is 10.2 Å². The number of hydrogen-bond donors (Lipinski definition) is 1. The van der Waals surface area contributed by atoms with Gasteiger partial charge in [0.15, 0.2) is 0 Å². The van der Waals surface area contributed by atoms with Gasteiger partial charge in [-0.15, -0.1) is 0 Å². The van der Waals surface area contributed by atoms with Crippen molar-refractivity contribution in [3.05, 3.63) is 53.9 Å². The number of amides is 1. The van der Waals surface area contributed by atoms with Crippen molar-refractivity contribution < 1.29 is 24.2 Å². The molecule has 1 unspecified atom stereocenters. The van der Waals surface area contributed by atoms with Crippen LogP contribution in [-0.2, 0) is 4.79 Å². The summed E-state index contributed by atoms with van der Waals surface area (Å²) in [5, 5.41) is 2.55. The van der Waals surface area contributed by atoms with Crippen LogP contribution in [0.5, 0.6) is 0 Å². The molecule has 1 aliphatic carbocycles. The molecule has 1 aliphatic rings. The number of pyridine rings is 1. The van der Waals surface area contributed by atoms with Gasteiger partial charge in [0, 0.05) is 23.5 Å². The standard InChI is InChI=1S/C21H25F5N2OS/c1-14-13-18(11-12-27-14)17-5-3-16(4-6-17)15(2)21(29)28-19-7-9-20(10-8-19)30(22,23,24,25)26/h7-13,15-17H,3-6H2,1-2H3,(H,28,29). The lowest BCUT2D eigenvalue weighted by molar-refractivity contribution is -0.121. The third-order valence-corrected chi connectivity index (χ3v) is 7.01. The number of nitrogens with one attached hydrogen (secondary N) is 1. The molecule has 1 atom stereocenters. The number of rotatable bonds is 5. The maximum Gasteiger partial charge on any atom is 0.310 e. The van der Waals surface area contributed by atoms with Crippen LogP contribution in [0.3, 0.4) is 0 Å². The van der Waals surface area contributed by atoms with E-state index < -0.39 is 15.1 Å². The Hall–Kier alpha value is -2.16. The van der Waals surface area contributed by atoms with Gasteiger partial charge in [0.2, 0.25) is 5.91 Å². The lowest BCUT2D eigenvalue weighted by atomic mass is 9.74. The summed E-state index contributed by atoms with van der Waals surface area (Å²) in [4.78, 5) is 14.8. The minimum absolute atomic E-state index is 0.0680. The zero-order valence-corrected chi connectivity index (χ0v) is 17.6. The molecule has 2 aromatic rings. The molecule has 0 spiro atoms. The first-order valence-corrected chi connectivity index (χ1v) is 11.8. The van der Waals surface area contributed by atoms with Crippen LogP contribution in [0.4, 0.5) is 25.1 Å². The van der Waals surface area contributed by atoms with Gasteiger partial charge >= 0.3 is 10.2 Å². The largest absolute Gasteiger partial charge is 0.326 e. The highest BCUT2D eigenvalue weighted by Crippen LogP contribution is 3.02. The van der Waals surface area contributed by atoms with Gasteiger partial charge in [-0.3, -0.25) is 9.78 Å². The molecule has 9 heteroatoms. The zero-order valence-electron chi connectivity index (χ0n) is 16.8. The van der Waals surface area contributed by atoms with Gasteiger partial charge in [0.05, 0.1) is 0 Å². The SMILES string of the molecule is Cc1cc(C2CCC(C(C)C(=O)Nc3ccc(S(F)(F)(F)(F)F)cc3)CC2)ccn1. The molecular weight excluding hydrogens is 423 g/mol. The lowest BCUT2D eigenvalue weighted by Crippen LogP contribution is -2.29. The molecule has 1 saturated carbocycles. The molecule has 0 aliphatic heterocycles. The van der Waals surface area contributed by atoms with Gasteiger partial charge in [-0.25, -0.2) is 0 Å². The third kappa shape index (κ3) is 5.50. The van der Waals surface area contributed by atoms with E-state index in [2.05, 4.69) is 16.4 Å². The highest BCUT2D eigenvalue weighted by atomic mass is 32.5. The summed E-state index contributed by atoms with van der Waals surface area (Å²) in [6.45, 7) is 3.74. The lowest BCUT2D eigenvalue weighted by Gasteiger charge is -2.40. The van der Waals surface area contributed by atoms with Crippen molar-refractivity contribution in [3.63, 3.8) is 0 Å². The van der Waals surface area contributed by atoms with Crippen molar-refractivity contribution in [2.24, 2.45) is 11.8 Å². The molecule has 1 aromatic heterocycles. The van der Waals surface area contributed by atoms with E-state index in [1.807, 2.05) is 13.0 Å². The number of benzene rings is 1. The molecule has 0 radical (unpaired) electrons. The summed E-state index contributed by atoms with van der Waals surface area (Å²) in [6, 6.07) is 6.44. The van der Waals surface area contributed by atoms with Crippen LogP contribution < -0.4 is 5.32 Å². The summed E-state index contributed by atoms with van der Waals surface area (Å²) >= 11 is 0.